The van der Waals surface area contributed by atoms with E-state index in [1.165, 1.54) is 34.7 Å². The highest BCUT2D eigenvalue weighted by Crippen LogP contribution is 2.29. The molecule has 0 spiro atoms. The molecule has 0 aliphatic carbocycles. The highest BCUT2D eigenvalue weighted by molar-refractivity contribution is 8.13. The standard InChI is InChI=1S/C24H22O2S2/c1-17(25)27-15-19-12-20(16-28-18(2)26)14-24(13-19)23-10-8-22(9-11-23)21-6-4-3-5-7-21/h3-14H,15-16H2,1-2H3. The van der Waals surface area contributed by atoms with Crippen molar-refractivity contribution in [1.29, 1.82) is 0 Å². The molecular formula is C24H22O2S2. The van der Waals surface area contributed by atoms with Crippen LogP contribution in [0.25, 0.3) is 22.3 Å². The highest BCUT2D eigenvalue weighted by Gasteiger charge is 2.07. The topological polar surface area (TPSA) is 34.1 Å². The summed E-state index contributed by atoms with van der Waals surface area (Å²) in [5.41, 5.74) is 6.82. The molecule has 142 valence electrons. The van der Waals surface area contributed by atoms with Gasteiger partial charge in [0.05, 0.1) is 0 Å². The minimum absolute atomic E-state index is 0.109. The van der Waals surface area contributed by atoms with E-state index >= 15 is 0 Å². The summed E-state index contributed by atoms with van der Waals surface area (Å²) in [6, 6.07) is 25.2. The monoisotopic (exact) mass is 406 g/mol. The molecule has 0 radical (unpaired) electrons. The Kier molecular flexibility index (Phi) is 7.12. The van der Waals surface area contributed by atoms with E-state index in [-0.39, 0.29) is 10.2 Å². The van der Waals surface area contributed by atoms with Crippen molar-refractivity contribution in [3.63, 3.8) is 0 Å². The number of carbonyl (C=O) groups excluding carboxylic acids is 2. The molecule has 0 saturated carbocycles. The Hall–Kier alpha value is -2.30. The Morgan fingerprint density at radius 1 is 0.607 bits per heavy atom. The zero-order valence-corrected chi connectivity index (χ0v) is 17.6. The summed E-state index contributed by atoms with van der Waals surface area (Å²) in [4.78, 5) is 22.7. The van der Waals surface area contributed by atoms with Crippen molar-refractivity contribution in [2.45, 2.75) is 25.4 Å². The van der Waals surface area contributed by atoms with Crippen LogP contribution in [0.2, 0.25) is 0 Å². The van der Waals surface area contributed by atoms with Gasteiger partial charge in [0.1, 0.15) is 0 Å². The molecule has 4 heteroatoms. The number of carbonyl (C=O) groups is 2. The van der Waals surface area contributed by atoms with Crippen LogP contribution in [0.5, 0.6) is 0 Å². The average Bonchev–Trinajstić information content (AvgIpc) is 2.71. The Morgan fingerprint density at radius 2 is 1.04 bits per heavy atom. The first-order valence-corrected chi connectivity index (χ1v) is 11.0. The molecule has 0 amide bonds. The van der Waals surface area contributed by atoms with Crippen LogP contribution in [-0.4, -0.2) is 10.2 Å². The molecule has 3 aromatic rings. The second-order valence-corrected chi connectivity index (χ2v) is 8.85. The molecule has 0 aliphatic heterocycles. The van der Waals surface area contributed by atoms with Crippen molar-refractivity contribution in [3.05, 3.63) is 83.9 Å². The Labute approximate surface area is 174 Å². The minimum atomic E-state index is 0.109. The molecular weight excluding hydrogens is 384 g/mol. The van der Waals surface area contributed by atoms with Gasteiger partial charge in [-0.2, -0.15) is 0 Å². The summed E-state index contributed by atoms with van der Waals surface area (Å²) in [6.45, 7) is 3.17. The fourth-order valence-corrected chi connectivity index (χ4v) is 4.02. The lowest BCUT2D eigenvalue weighted by molar-refractivity contribution is -0.109. The van der Waals surface area contributed by atoms with Crippen molar-refractivity contribution in [2.24, 2.45) is 0 Å². The molecule has 0 saturated heterocycles. The van der Waals surface area contributed by atoms with Gasteiger partial charge in [-0.15, -0.1) is 0 Å². The zero-order chi connectivity index (χ0) is 19.9. The van der Waals surface area contributed by atoms with E-state index < -0.39 is 0 Å². The van der Waals surface area contributed by atoms with E-state index in [9.17, 15) is 9.59 Å². The van der Waals surface area contributed by atoms with E-state index in [4.69, 9.17) is 0 Å². The van der Waals surface area contributed by atoms with Crippen molar-refractivity contribution in [3.8, 4) is 22.3 Å². The van der Waals surface area contributed by atoms with E-state index in [1.54, 1.807) is 13.8 Å². The van der Waals surface area contributed by atoms with E-state index in [0.29, 0.717) is 11.5 Å². The van der Waals surface area contributed by atoms with E-state index in [0.717, 1.165) is 22.3 Å². The van der Waals surface area contributed by atoms with Gasteiger partial charge in [-0.25, -0.2) is 0 Å². The number of hydrogen-bond donors (Lipinski definition) is 0. The molecule has 0 N–H and O–H groups in total. The summed E-state index contributed by atoms with van der Waals surface area (Å²) in [6.07, 6.45) is 0. The Morgan fingerprint density at radius 3 is 1.50 bits per heavy atom. The van der Waals surface area contributed by atoms with Gasteiger partial charge in [0.2, 0.25) is 0 Å². The molecule has 0 heterocycles. The normalized spacial score (nSPS) is 10.6. The smallest absolute Gasteiger partial charge is 0.186 e. The fourth-order valence-electron chi connectivity index (χ4n) is 2.95. The summed E-state index contributed by atoms with van der Waals surface area (Å²) in [7, 11) is 0. The second kappa shape index (κ2) is 9.76. The first kappa shape index (κ1) is 20.4. The largest absolute Gasteiger partial charge is 0.288 e. The maximum atomic E-state index is 11.4. The molecule has 0 bridgehead atoms. The van der Waals surface area contributed by atoms with Gasteiger partial charge in [0.25, 0.3) is 0 Å². The van der Waals surface area contributed by atoms with Crippen LogP contribution in [-0.2, 0) is 21.1 Å². The van der Waals surface area contributed by atoms with Crippen LogP contribution in [0.1, 0.15) is 25.0 Å². The van der Waals surface area contributed by atoms with Gasteiger partial charge in [-0.05, 0) is 33.4 Å². The minimum Gasteiger partial charge on any atom is -0.288 e. The summed E-state index contributed by atoms with van der Waals surface area (Å²) < 4.78 is 0. The first-order valence-electron chi connectivity index (χ1n) is 9.07. The van der Waals surface area contributed by atoms with Crippen molar-refractivity contribution in [2.75, 3.05) is 0 Å². The molecule has 0 fully saturated rings. The van der Waals surface area contributed by atoms with Crippen LogP contribution < -0.4 is 0 Å². The predicted octanol–water partition coefficient (Wildman–Crippen LogP) is 6.58. The summed E-state index contributed by atoms with van der Waals surface area (Å²) in [5, 5.41) is 0.217. The number of rotatable bonds is 6. The molecule has 0 aromatic heterocycles. The third-order valence-corrected chi connectivity index (χ3v) is 6.03. The molecule has 3 aromatic carbocycles. The Bertz CT molecular complexity index is 927. The number of benzene rings is 3. The second-order valence-electron chi connectivity index (χ2n) is 6.54. The molecule has 0 aliphatic rings. The van der Waals surface area contributed by atoms with Crippen LogP contribution in [0, 0.1) is 0 Å². The molecule has 28 heavy (non-hydrogen) atoms. The molecule has 0 unspecified atom stereocenters. The third kappa shape index (κ3) is 5.85. The van der Waals surface area contributed by atoms with E-state index in [2.05, 4.69) is 54.6 Å². The zero-order valence-electron chi connectivity index (χ0n) is 16.0. The van der Waals surface area contributed by atoms with Crippen LogP contribution in [0.4, 0.5) is 0 Å². The molecule has 0 atom stereocenters. The fraction of sp³-hybridized carbons (Fsp3) is 0.167. The molecule has 2 nitrogen and oxygen atoms in total. The van der Waals surface area contributed by atoms with Gasteiger partial charge in [0.15, 0.2) is 10.2 Å². The van der Waals surface area contributed by atoms with Gasteiger partial charge in [0, 0.05) is 25.4 Å². The highest BCUT2D eigenvalue weighted by atomic mass is 32.2. The number of thioether (sulfide) groups is 2. The van der Waals surface area contributed by atoms with Crippen LogP contribution in [0.3, 0.4) is 0 Å². The number of hydrogen-bond acceptors (Lipinski definition) is 4. The van der Waals surface area contributed by atoms with Crippen molar-refractivity contribution >= 4 is 33.8 Å². The maximum absolute atomic E-state index is 11.4. The lowest BCUT2D eigenvalue weighted by Gasteiger charge is -2.10. The van der Waals surface area contributed by atoms with Crippen molar-refractivity contribution < 1.29 is 9.59 Å². The average molecular weight is 407 g/mol. The summed E-state index contributed by atoms with van der Waals surface area (Å²) in [5.74, 6) is 1.28. The molecule has 3 rings (SSSR count). The van der Waals surface area contributed by atoms with Gasteiger partial charge in [-0.3, -0.25) is 9.59 Å². The lowest BCUT2D eigenvalue weighted by atomic mass is 9.98. The van der Waals surface area contributed by atoms with Crippen LogP contribution >= 0.6 is 23.5 Å². The van der Waals surface area contributed by atoms with Gasteiger partial charge >= 0.3 is 0 Å². The van der Waals surface area contributed by atoms with Gasteiger partial charge in [-0.1, -0.05) is 96.3 Å². The van der Waals surface area contributed by atoms with Crippen LogP contribution in [0.15, 0.2) is 72.8 Å². The van der Waals surface area contributed by atoms with Crippen molar-refractivity contribution in [1.82, 2.24) is 0 Å². The first-order chi connectivity index (χ1) is 13.5. The SMILES string of the molecule is CC(=O)SCc1cc(CSC(C)=O)cc(-c2ccc(-c3ccccc3)cc2)c1. The predicted molar refractivity (Wildman–Crippen MR) is 121 cm³/mol. The Balaban J connectivity index is 1.90. The van der Waals surface area contributed by atoms with E-state index in [1.807, 2.05) is 18.2 Å². The quantitative estimate of drug-likeness (QED) is 0.463. The third-order valence-electron chi connectivity index (χ3n) is 4.26. The lowest BCUT2D eigenvalue weighted by Crippen LogP contribution is -1.92. The summed E-state index contributed by atoms with van der Waals surface area (Å²) >= 11 is 2.62. The van der Waals surface area contributed by atoms with Gasteiger partial charge < -0.3 is 0 Å². The maximum Gasteiger partial charge on any atom is 0.186 e.